The molecule has 0 bridgehead atoms. The molecule has 0 aliphatic carbocycles. The number of halogens is 1. The van der Waals surface area contributed by atoms with Gasteiger partial charge in [-0.2, -0.15) is 0 Å². The molecule has 0 fully saturated rings. The van der Waals surface area contributed by atoms with Crippen molar-refractivity contribution in [3.8, 4) is 11.4 Å². The molecule has 0 radical (unpaired) electrons. The zero-order valence-corrected chi connectivity index (χ0v) is 12.1. The highest BCUT2D eigenvalue weighted by Crippen LogP contribution is 2.16. The lowest BCUT2D eigenvalue weighted by Crippen LogP contribution is -2.32. The highest BCUT2D eigenvalue weighted by Gasteiger charge is 2.12. The third kappa shape index (κ3) is 3.90. The fourth-order valence-corrected chi connectivity index (χ4v) is 1.80. The molecule has 21 heavy (non-hydrogen) atoms. The number of carbonyl (C=O) groups excluding carboxylic acids is 1. The van der Waals surface area contributed by atoms with Crippen LogP contribution in [0, 0.1) is 0 Å². The van der Waals surface area contributed by atoms with Crippen LogP contribution in [-0.2, 0) is 4.74 Å². The quantitative estimate of drug-likeness (QED) is 0.819. The van der Waals surface area contributed by atoms with Gasteiger partial charge >= 0.3 is 0 Å². The normalized spacial score (nSPS) is 10.4. The van der Waals surface area contributed by atoms with Crippen molar-refractivity contribution in [2.45, 2.75) is 0 Å². The van der Waals surface area contributed by atoms with E-state index in [9.17, 15) is 9.59 Å². The van der Waals surface area contributed by atoms with Crippen LogP contribution in [0.5, 0.6) is 0 Å². The Morgan fingerprint density at radius 3 is 2.71 bits per heavy atom. The fraction of sp³-hybridized carbons (Fsp3) is 0.214. The third-order valence-corrected chi connectivity index (χ3v) is 3.01. The summed E-state index contributed by atoms with van der Waals surface area (Å²) in [6, 6.07) is 6.86. The molecule has 2 rings (SSSR count). The van der Waals surface area contributed by atoms with Crippen LogP contribution in [0.1, 0.15) is 10.4 Å². The van der Waals surface area contributed by atoms with E-state index in [-0.39, 0.29) is 5.56 Å². The Kier molecular flexibility index (Phi) is 5.08. The first kappa shape index (κ1) is 15.2. The van der Waals surface area contributed by atoms with Crippen molar-refractivity contribution in [1.82, 2.24) is 15.3 Å². The maximum atomic E-state index is 11.9. The topological polar surface area (TPSA) is 84.1 Å². The highest BCUT2D eigenvalue weighted by molar-refractivity contribution is 6.30. The van der Waals surface area contributed by atoms with E-state index < -0.39 is 11.5 Å². The Bertz CT molecular complexity index is 683. The highest BCUT2D eigenvalue weighted by atomic mass is 35.5. The molecule has 0 saturated heterocycles. The van der Waals surface area contributed by atoms with Crippen molar-refractivity contribution in [2.75, 3.05) is 20.3 Å². The number of ether oxygens (including phenoxy) is 1. The first-order valence-corrected chi connectivity index (χ1v) is 6.62. The van der Waals surface area contributed by atoms with Crippen LogP contribution >= 0.6 is 11.6 Å². The lowest BCUT2D eigenvalue weighted by molar-refractivity contribution is 0.0935. The Morgan fingerprint density at radius 2 is 2.10 bits per heavy atom. The molecular weight excluding hydrogens is 294 g/mol. The molecule has 0 spiro atoms. The number of H-pyrrole nitrogens is 1. The van der Waals surface area contributed by atoms with E-state index in [1.165, 1.54) is 13.3 Å². The number of methoxy groups -OCH3 is 1. The van der Waals surface area contributed by atoms with Crippen LogP contribution in [0.15, 0.2) is 35.3 Å². The number of nitrogens with zero attached hydrogens (tertiary/aromatic N) is 1. The van der Waals surface area contributed by atoms with Crippen LogP contribution in [0.25, 0.3) is 11.4 Å². The predicted octanol–water partition coefficient (Wildman–Crippen LogP) is 1.47. The lowest BCUT2D eigenvalue weighted by atomic mass is 10.2. The van der Waals surface area contributed by atoms with Crippen LogP contribution in [-0.4, -0.2) is 36.1 Å². The largest absolute Gasteiger partial charge is 0.383 e. The van der Waals surface area contributed by atoms with E-state index in [0.717, 1.165) is 0 Å². The molecule has 1 aromatic carbocycles. The van der Waals surface area contributed by atoms with E-state index in [4.69, 9.17) is 16.3 Å². The average Bonchev–Trinajstić information content (AvgIpc) is 2.48. The summed E-state index contributed by atoms with van der Waals surface area (Å²) in [4.78, 5) is 30.4. The molecule has 0 aliphatic heterocycles. The number of benzene rings is 1. The van der Waals surface area contributed by atoms with Gasteiger partial charge in [0.2, 0.25) is 0 Å². The SMILES string of the molecule is COCCNC(=O)c1cnc(-c2ccc(Cl)cc2)[nH]c1=O. The minimum atomic E-state index is -0.495. The number of amides is 1. The summed E-state index contributed by atoms with van der Waals surface area (Å²) < 4.78 is 4.82. The van der Waals surface area contributed by atoms with Gasteiger partial charge in [-0.05, 0) is 24.3 Å². The van der Waals surface area contributed by atoms with Gasteiger partial charge in [-0.25, -0.2) is 4.98 Å². The van der Waals surface area contributed by atoms with Gasteiger partial charge in [-0.3, -0.25) is 9.59 Å². The lowest BCUT2D eigenvalue weighted by Gasteiger charge is -2.05. The van der Waals surface area contributed by atoms with Crippen LogP contribution < -0.4 is 10.9 Å². The standard InChI is InChI=1S/C14H14ClN3O3/c1-21-7-6-16-13(19)11-8-17-12(18-14(11)20)9-2-4-10(15)5-3-9/h2-5,8H,6-7H2,1H3,(H,16,19)(H,17,18,20). The first-order valence-electron chi connectivity index (χ1n) is 6.24. The van der Waals surface area contributed by atoms with Crippen molar-refractivity contribution < 1.29 is 9.53 Å². The van der Waals surface area contributed by atoms with E-state index in [0.29, 0.717) is 29.6 Å². The molecule has 1 heterocycles. The molecule has 110 valence electrons. The van der Waals surface area contributed by atoms with Gasteiger partial charge in [0.05, 0.1) is 6.61 Å². The van der Waals surface area contributed by atoms with E-state index >= 15 is 0 Å². The van der Waals surface area contributed by atoms with Gasteiger partial charge < -0.3 is 15.0 Å². The second kappa shape index (κ2) is 7.01. The summed E-state index contributed by atoms with van der Waals surface area (Å²) in [5.74, 6) is -0.103. The maximum Gasteiger partial charge on any atom is 0.264 e. The Labute approximate surface area is 126 Å². The number of aromatic nitrogens is 2. The number of rotatable bonds is 5. The summed E-state index contributed by atoms with van der Waals surface area (Å²) in [5, 5.41) is 3.16. The van der Waals surface area contributed by atoms with Crippen molar-refractivity contribution in [3.05, 3.63) is 51.4 Å². The second-order valence-corrected chi connectivity index (χ2v) is 4.67. The fourth-order valence-electron chi connectivity index (χ4n) is 1.67. The summed E-state index contributed by atoms with van der Waals surface area (Å²) in [6.07, 6.45) is 1.25. The smallest absolute Gasteiger partial charge is 0.264 e. The van der Waals surface area contributed by atoms with Gasteiger partial charge in [0.1, 0.15) is 11.4 Å². The number of hydrogen-bond acceptors (Lipinski definition) is 4. The van der Waals surface area contributed by atoms with Gasteiger partial charge in [0.25, 0.3) is 11.5 Å². The van der Waals surface area contributed by atoms with E-state index in [2.05, 4.69) is 15.3 Å². The van der Waals surface area contributed by atoms with Gasteiger partial charge in [0.15, 0.2) is 0 Å². The summed E-state index contributed by atoms with van der Waals surface area (Å²) in [6.45, 7) is 0.702. The number of aromatic amines is 1. The first-order chi connectivity index (χ1) is 10.1. The number of hydrogen-bond donors (Lipinski definition) is 2. The van der Waals surface area contributed by atoms with Crippen molar-refractivity contribution in [3.63, 3.8) is 0 Å². The molecule has 1 amide bonds. The minimum Gasteiger partial charge on any atom is -0.383 e. The third-order valence-electron chi connectivity index (χ3n) is 2.75. The van der Waals surface area contributed by atoms with E-state index in [1.54, 1.807) is 24.3 Å². The van der Waals surface area contributed by atoms with Crippen molar-refractivity contribution >= 4 is 17.5 Å². The molecule has 0 atom stereocenters. The minimum absolute atomic E-state index is 0.0381. The predicted molar refractivity (Wildman–Crippen MR) is 79.5 cm³/mol. The monoisotopic (exact) mass is 307 g/mol. The molecule has 1 aromatic heterocycles. The van der Waals surface area contributed by atoms with Crippen molar-refractivity contribution in [1.29, 1.82) is 0 Å². The van der Waals surface area contributed by atoms with Crippen LogP contribution in [0.3, 0.4) is 0 Å². The molecule has 0 saturated carbocycles. The zero-order chi connectivity index (χ0) is 15.2. The Hall–Kier alpha value is -2.18. The molecular formula is C14H14ClN3O3. The molecule has 2 aromatic rings. The second-order valence-electron chi connectivity index (χ2n) is 4.23. The molecule has 0 unspecified atom stereocenters. The molecule has 6 nitrogen and oxygen atoms in total. The average molecular weight is 308 g/mol. The summed E-state index contributed by atoms with van der Waals surface area (Å²) >= 11 is 5.80. The van der Waals surface area contributed by atoms with Crippen molar-refractivity contribution in [2.24, 2.45) is 0 Å². The van der Waals surface area contributed by atoms with Crippen LogP contribution in [0.4, 0.5) is 0 Å². The zero-order valence-electron chi connectivity index (χ0n) is 11.4. The van der Waals surface area contributed by atoms with E-state index in [1.807, 2.05) is 0 Å². The van der Waals surface area contributed by atoms with Gasteiger partial charge in [-0.15, -0.1) is 0 Å². The molecule has 0 aliphatic rings. The Morgan fingerprint density at radius 1 is 1.38 bits per heavy atom. The van der Waals surface area contributed by atoms with Gasteiger partial charge in [-0.1, -0.05) is 11.6 Å². The Balaban J connectivity index is 2.19. The number of carbonyl (C=O) groups is 1. The number of nitrogens with one attached hydrogen (secondary N) is 2. The summed E-state index contributed by atoms with van der Waals surface area (Å²) in [7, 11) is 1.53. The molecule has 2 N–H and O–H groups in total. The van der Waals surface area contributed by atoms with Crippen LogP contribution in [0.2, 0.25) is 5.02 Å². The van der Waals surface area contributed by atoms with Gasteiger partial charge in [0, 0.05) is 30.4 Å². The molecule has 7 heteroatoms. The summed E-state index contributed by atoms with van der Waals surface area (Å²) in [5.41, 5.74) is 0.177. The maximum absolute atomic E-state index is 11.9.